The van der Waals surface area contributed by atoms with Crippen LogP contribution in [0, 0.1) is 0 Å². The van der Waals surface area contributed by atoms with Gasteiger partial charge < -0.3 is 5.73 Å². The Bertz CT molecular complexity index is 448. The molecule has 17 heavy (non-hydrogen) atoms. The van der Waals surface area contributed by atoms with Crippen LogP contribution in [-0.2, 0) is 5.75 Å². The van der Waals surface area contributed by atoms with E-state index in [0.717, 1.165) is 5.75 Å². The topological polar surface area (TPSA) is 26.0 Å². The molecule has 0 aliphatic carbocycles. The minimum absolute atomic E-state index is 0.114. The minimum Gasteiger partial charge on any atom is -0.324 e. The second-order valence-corrected chi connectivity index (χ2v) is 5.18. The number of nitrogens with two attached hydrogens (primary N) is 1. The van der Waals surface area contributed by atoms with Gasteiger partial charge in [-0.3, -0.25) is 0 Å². The summed E-state index contributed by atoms with van der Waals surface area (Å²) in [5.74, 6) is 1.01. The first-order chi connectivity index (χ1) is 8.25. The van der Waals surface area contributed by atoms with Crippen molar-refractivity contribution in [1.29, 1.82) is 0 Å². The smallest absolute Gasteiger partial charge is 0.0266 e. The molecule has 2 heteroatoms. The molecule has 2 N–H and O–H groups in total. The average molecular weight is 243 g/mol. The zero-order valence-electron chi connectivity index (χ0n) is 9.97. The standard InChI is InChI=1S/C15H17NS/c1-12(16)14-7-9-15(10-8-14)17-11-13-5-3-2-4-6-13/h2-10,12H,11,16H2,1H3/t12-/m0/s1. The number of benzene rings is 2. The highest BCUT2D eigenvalue weighted by molar-refractivity contribution is 7.98. The molecular weight excluding hydrogens is 226 g/mol. The van der Waals surface area contributed by atoms with Crippen molar-refractivity contribution in [2.24, 2.45) is 5.73 Å². The van der Waals surface area contributed by atoms with Crippen LogP contribution in [0.4, 0.5) is 0 Å². The van der Waals surface area contributed by atoms with Gasteiger partial charge in [0, 0.05) is 16.7 Å². The van der Waals surface area contributed by atoms with E-state index in [0.29, 0.717) is 0 Å². The van der Waals surface area contributed by atoms with Crippen LogP contribution in [0.25, 0.3) is 0 Å². The van der Waals surface area contributed by atoms with E-state index in [1.807, 2.05) is 24.8 Å². The van der Waals surface area contributed by atoms with E-state index in [2.05, 4.69) is 48.5 Å². The maximum atomic E-state index is 5.82. The summed E-state index contributed by atoms with van der Waals surface area (Å²) >= 11 is 1.85. The molecule has 88 valence electrons. The van der Waals surface area contributed by atoms with Crippen molar-refractivity contribution in [3.8, 4) is 0 Å². The molecule has 2 rings (SSSR count). The lowest BCUT2D eigenvalue weighted by atomic mass is 10.1. The Hall–Kier alpha value is -1.25. The van der Waals surface area contributed by atoms with Crippen LogP contribution < -0.4 is 5.73 Å². The molecule has 0 fully saturated rings. The largest absolute Gasteiger partial charge is 0.324 e. The molecule has 0 aliphatic heterocycles. The summed E-state index contributed by atoms with van der Waals surface area (Å²) in [6.45, 7) is 2.01. The van der Waals surface area contributed by atoms with Gasteiger partial charge in [0.1, 0.15) is 0 Å². The first-order valence-corrected chi connectivity index (χ1v) is 6.76. The van der Waals surface area contributed by atoms with Crippen LogP contribution in [0.2, 0.25) is 0 Å². The van der Waals surface area contributed by atoms with Crippen molar-refractivity contribution in [2.45, 2.75) is 23.6 Å². The van der Waals surface area contributed by atoms with Crippen LogP contribution in [0.1, 0.15) is 24.1 Å². The van der Waals surface area contributed by atoms with E-state index in [1.54, 1.807) is 0 Å². The first kappa shape index (κ1) is 12.2. The summed E-state index contributed by atoms with van der Waals surface area (Å²) in [6, 6.07) is 19.1. The Morgan fingerprint density at radius 1 is 1.00 bits per heavy atom. The summed E-state index contributed by atoms with van der Waals surface area (Å²) in [4.78, 5) is 1.29. The Morgan fingerprint density at radius 3 is 2.24 bits per heavy atom. The first-order valence-electron chi connectivity index (χ1n) is 5.78. The average Bonchev–Trinajstić information content (AvgIpc) is 2.38. The van der Waals surface area contributed by atoms with Gasteiger partial charge in [0.05, 0.1) is 0 Å². The predicted molar refractivity (Wildman–Crippen MR) is 75.0 cm³/mol. The molecule has 0 saturated heterocycles. The quantitative estimate of drug-likeness (QED) is 0.821. The maximum absolute atomic E-state index is 5.82. The highest BCUT2D eigenvalue weighted by Crippen LogP contribution is 2.23. The summed E-state index contributed by atoms with van der Waals surface area (Å²) in [5.41, 5.74) is 8.37. The molecule has 1 nitrogen and oxygen atoms in total. The Balaban J connectivity index is 1.96. The van der Waals surface area contributed by atoms with Crippen LogP contribution in [0.15, 0.2) is 59.5 Å². The van der Waals surface area contributed by atoms with Gasteiger partial charge >= 0.3 is 0 Å². The predicted octanol–water partition coefficient (Wildman–Crippen LogP) is 4.00. The SMILES string of the molecule is C[C@H](N)c1ccc(SCc2ccccc2)cc1. The minimum atomic E-state index is 0.114. The van der Waals surface area contributed by atoms with Crippen molar-refractivity contribution in [3.05, 3.63) is 65.7 Å². The molecule has 0 unspecified atom stereocenters. The Morgan fingerprint density at radius 2 is 1.65 bits per heavy atom. The third-order valence-corrected chi connectivity index (χ3v) is 3.74. The highest BCUT2D eigenvalue weighted by Gasteiger charge is 2.00. The van der Waals surface area contributed by atoms with Gasteiger partial charge in [-0.05, 0) is 30.2 Å². The van der Waals surface area contributed by atoms with Gasteiger partial charge in [0.15, 0.2) is 0 Å². The lowest BCUT2D eigenvalue weighted by Gasteiger charge is -2.06. The molecule has 0 saturated carbocycles. The van der Waals surface area contributed by atoms with Crippen LogP contribution in [0.3, 0.4) is 0 Å². The maximum Gasteiger partial charge on any atom is 0.0266 e. The molecule has 0 radical (unpaired) electrons. The third kappa shape index (κ3) is 3.62. The number of hydrogen-bond donors (Lipinski definition) is 1. The molecule has 0 aliphatic rings. The number of thioether (sulfide) groups is 1. The van der Waals surface area contributed by atoms with Crippen molar-refractivity contribution >= 4 is 11.8 Å². The highest BCUT2D eigenvalue weighted by atomic mass is 32.2. The fourth-order valence-corrected chi connectivity index (χ4v) is 2.46. The van der Waals surface area contributed by atoms with E-state index in [-0.39, 0.29) is 6.04 Å². The second kappa shape index (κ2) is 5.89. The van der Waals surface area contributed by atoms with Crippen LogP contribution in [-0.4, -0.2) is 0 Å². The normalized spacial score (nSPS) is 12.4. The van der Waals surface area contributed by atoms with E-state index >= 15 is 0 Å². The molecule has 1 atom stereocenters. The lowest BCUT2D eigenvalue weighted by Crippen LogP contribution is -2.04. The Labute approximate surface area is 107 Å². The second-order valence-electron chi connectivity index (χ2n) is 4.13. The summed E-state index contributed by atoms with van der Waals surface area (Å²) in [7, 11) is 0. The number of rotatable bonds is 4. The molecule has 0 bridgehead atoms. The zero-order valence-corrected chi connectivity index (χ0v) is 10.8. The van der Waals surface area contributed by atoms with E-state index in [4.69, 9.17) is 5.73 Å². The van der Waals surface area contributed by atoms with Crippen molar-refractivity contribution in [1.82, 2.24) is 0 Å². The van der Waals surface area contributed by atoms with Gasteiger partial charge in [0.25, 0.3) is 0 Å². The molecule has 0 heterocycles. The van der Waals surface area contributed by atoms with Crippen molar-refractivity contribution < 1.29 is 0 Å². The molecular formula is C15H17NS. The Kier molecular flexibility index (Phi) is 4.24. The zero-order chi connectivity index (χ0) is 12.1. The fourth-order valence-electron chi connectivity index (χ4n) is 1.61. The van der Waals surface area contributed by atoms with Gasteiger partial charge in [-0.2, -0.15) is 0 Å². The molecule has 0 spiro atoms. The van der Waals surface area contributed by atoms with E-state index in [1.165, 1.54) is 16.0 Å². The van der Waals surface area contributed by atoms with Crippen LogP contribution in [0.5, 0.6) is 0 Å². The molecule has 2 aromatic carbocycles. The summed E-state index contributed by atoms with van der Waals surface area (Å²) in [6.07, 6.45) is 0. The van der Waals surface area contributed by atoms with Gasteiger partial charge in [0.2, 0.25) is 0 Å². The molecule has 2 aromatic rings. The van der Waals surface area contributed by atoms with E-state index < -0.39 is 0 Å². The lowest BCUT2D eigenvalue weighted by molar-refractivity contribution is 0.817. The summed E-state index contributed by atoms with van der Waals surface area (Å²) in [5, 5.41) is 0. The van der Waals surface area contributed by atoms with Gasteiger partial charge in [-0.25, -0.2) is 0 Å². The van der Waals surface area contributed by atoms with Gasteiger partial charge in [-0.15, -0.1) is 11.8 Å². The van der Waals surface area contributed by atoms with Crippen LogP contribution >= 0.6 is 11.8 Å². The fraction of sp³-hybridized carbons (Fsp3) is 0.200. The van der Waals surface area contributed by atoms with Crippen molar-refractivity contribution in [2.75, 3.05) is 0 Å². The summed E-state index contributed by atoms with van der Waals surface area (Å²) < 4.78 is 0. The van der Waals surface area contributed by atoms with E-state index in [9.17, 15) is 0 Å². The number of hydrogen-bond acceptors (Lipinski definition) is 2. The monoisotopic (exact) mass is 243 g/mol. The third-order valence-electron chi connectivity index (χ3n) is 2.65. The molecule has 0 amide bonds. The van der Waals surface area contributed by atoms with Crippen molar-refractivity contribution in [3.63, 3.8) is 0 Å². The molecule has 0 aromatic heterocycles. The van der Waals surface area contributed by atoms with Gasteiger partial charge in [-0.1, -0.05) is 42.5 Å².